The SMILES string of the molecule is CC[C@H](C)[C@H](NC(=O)[C@H]1CCCCN1C)C(=O)N(C)[C@H](C[C@@H](OC(C)=O)c1nc(C(=O)N[C@@H](Cc2ccc(O)c(NC(=O)CCOCCOCCNP(=O)(NNC(=O)/C=C\C(=O)O)NNC(=O)/C=C\C(=O)O)c2)CC(C)C(=O)O)cs1)C(C)C. The summed E-state index contributed by atoms with van der Waals surface area (Å²) in [4.78, 5) is 133. The van der Waals surface area contributed by atoms with Crippen molar-refractivity contribution in [2.45, 2.75) is 123 Å². The summed E-state index contributed by atoms with van der Waals surface area (Å²) < 4.78 is 29.9. The van der Waals surface area contributed by atoms with E-state index < -0.39 is 85.2 Å². The molecule has 31 heteroatoms. The maximum Gasteiger partial charge on any atom is 0.328 e. The first kappa shape index (κ1) is 71.1. The standard InChI is InChI=1S/C53H80N11O18PS/c1-9-32(4)48(58-50(75)39-12-10-11-21-63(39)7)52(76)64(8)40(31(2)3)29-42(82-34(6)65)51-57-38(30-84-51)49(74)55-36(26-33(5)53(77)78)27-35-13-14-41(66)37(28-35)56-43(67)19-22-80-24-25-81-23-20-54-83(79,61-59-44(68)15-17-46(70)71)62-60-45(69)16-18-47(72)73/h13-18,28,30-33,36,39-40,42,48,66H,9-12,19-27,29H2,1-8H3,(H,55,74)(H,56,67)(H,58,75)(H,59,68)(H,60,69)(H,70,71)(H,72,73)(H,77,78)(H3,54,61,62,79)/b17-15-,18-16-/t32-,33?,36+,39+,40+,42+,48-/m0/s1. The van der Waals surface area contributed by atoms with E-state index in [4.69, 9.17) is 24.4 Å². The molecule has 466 valence electrons. The Bertz CT molecular complexity index is 2670. The van der Waals surface area contributed by atoms with Crippen molar-refractivity contribution in [1.29, 1.82) is 0 Å². The first-order valence-corrected chi connectivity index (χ1v) is 29.7. The lowest BCUT2D eigenvalue weighted by molar-refractivity contribution is -0.149. The molecule has 1 aliphatic heterocycles. The lowest BCUT2D eigenvalue weighted by Gasteiger charge is -2.38. The highest BCUT2D eigenvalue weighted by Crippen LogP contribution is 2.32. The minimum Gasteiger partial charge on any atom is -0.506 e. The van der Waals surface area contributed by atoms with Crippen LogP contribution in [0.3, 0.4) is 0 Å². The van der Waals surface area contributed by atoms with Crippen LogP contribution in [-0.4, -0.2) is 172 Å². The van der Waals surface area contributed by atoms with Gasteiger partial charge in [-0.05, 0) is 68.8 Å². The number of thiazole rings is 1. The third-order valence-electron chi connectivity index (χ3n) is 13.3. The van der Waals surface area contributed by atoms with Crippen LogP contribution in [0.2, 0.25) is 0 Å². The van der Waals surface area contributed by atoms with Crippen molar-refractivity contribution < 1.29 is 87.1 Å². The highest BCUT2D eigenvalue weighted by molar-refractivity contribution is 7.57. The Balaban J connectivity index is 1.62. The normalized spacial score (nSPS) is 15.9. The number of benzene rings is 1. The Morgan fingerprint density at radius 3 is 2.07 bits per heavy atom. The van der Waals surface area contributed by atoms with E-state index in [-0.39, 0.29) is 110 Å². The van der Waals surface area contributed by atoms with Crippen molar-refractivity contribution in [2.75, 3.05) is 58.9 Å². The van der Waals surface area contributed by atoms with Gasteiger partial charge in [0.15, 0.2) is 6.10 Å². The second-order valence-corrected chi connectivity index (χ2v) is 23.2. The average Bonchev–Trinajstić information content (AvgIpc) is 3.98. The highest BCUT2D eigenvalue weighted by Gasteiger charge is 2.38. The molecule has 1 unspecified atom stereocenters. The summed E-state index contributed by atoms with van der Waals surface area (Å²) in [5.74, 6) is -9.86. The number of esters is 1. The number of aliphatic carboxylic acids is 3. The van der Waals surface area contributed by atoms with E-state index in [9.17, 15) is 62.7 Å². The van der Waals surface area contributed by atoms with Gasteiger partial charge in [0.25, 0.3) is 17.7 Å². The van der Waals surface area contributed by atoms with Crippen LogP contribution in [0.5, 0.6) is 5.75 Å². The van der Waals surface area contributed by atoms with Crippen molar-refractivity contribution in [3.05, 3.63) is 64.1 Å². The molecule has 84 heavy (non-hydrogen) atoms. The Hall–Kier alpha value is -7.18. The molecular formula is C53H80N11O18PS. The molecule has 1 saturated heterocycles. The summed E-state index contributed by atoms with van der Waals surface area (Å²) in [6.45, 7) is 10.8. The number of anilines is 1. The summed E-state index contributed by atoms with van der Waals surface area (Å²) in [5.41, 5.74) is 4.42. The quantitative estimate of drug-likeness (QED) is 0.0115. The minimum absolute atomic E-state index is 0.00388. The van der Waals surface area contributed by atoms with Gasteiger partial charge in [0.1, 0.15) is 22.5 Å². The largest absolute Gasteiger partial charge is 0.506 e. The lowest BCUT2D eigenvalue weighted by atomic mass is 9.92. The fourth-order valence-electron chi connectivity index (χ4n) is 8.56. The molecule has 0 spiro atoms. The second kappa shape index (κ2) is 35.8. The van der Waals surface area contributed by atoms with Gasteiger partial charge in [-0.15, -0.1) is 11.3 Å². The van der Waals surface area contributed by atoms with Gasteiger partial charge < -0.3 is 55.5 Å². The van der Waals surface area contributed by atoms with Crippen LogP contribution in [0.4, 0.5) is 5.69 Å². The number of hydrazine groups is 2. The van der Waals surface area contributed by atoms with Crippen molar-refractivity contribution in [3.63, 3.8) is 0 Å². The van der Waals surface area contributed by atoms with Gasteiger partial charge in [0, 0.05) is 68.7 Å². The van der Waals surface area contributed by atoms with E-state index in [2.05, 4.69) is 36.4 Å². The first-order valence-electron chi connectivity index (χ1n) is 27.2. The van der Waals surface area contributed by atoms with Crippen LogP contribution in [0.1, 0.15) is 114 Å². The van der Waals surface area contributed by atoms with E-state index in [1.807, 2.05) is 50.5 Å². The number of nitrogens with one attached hydrogen (secondary N) is 8. The van der Waals surface area contributed by atoms with Crippen LogP contribution in [0.15, 0.2) is 47.9 Å². The van der Waals surface area contributed by atoms with Crippen molar-refractivity contribution >= 4 is 83.9 Å². The Labute approximate surface area is 490 Å². The van der Waals surface area contributed by atoms with Crippen LogP contribution in [0, 0.1) is 17.8 Å². The van der Waals surface area contributed by atoms with Crippen molar-refractivity contribution in [3.8, 4) is 5.75 Å². The number of phenolic OH excluding ortho intramolecular Hbond substituents is 1. The van der Waals surface area contributed by atoms with Crippen molar-refractivity contribution in [2.24, 2.45) is 17.8 Å². The zero-order chi connectivity index (χ0) is 62.7. The number of likely N-dealkylation sites (tertiary alicyclic amines) is 1. The van der Waals surface area contributed by atoms with Crippen LogP contribution >= 0.6 is 18.9 Å². The Morgan fingerprint density at radius 2 is 1.50 bits per heavy atom. The number of carboxylic acids is 3. The molecule has 6 amide bonds. The van der Waals surface area contributed by atoms with E-state index in [0.29, 0.717) is 42.7 Å². The maximum absolute atomic E-state index is 14.4. The smallest absolute Gasteiger partial charge is 0.328 e. The molecule has 2 aromatic rings. The third-order valence-corrected chi connectivity index (χ3v) is 15.8. The molecule has 7 atom stereocenters. The number of hydrogen-bond acceptors (Lipinski definition) is 18. The monoisotopic (exact) mass is 1220 g/mol. The molecular weight excluding hydrogens is 1140 g/mol. The minimum atomic E-state index is -4.11. The van der Waals surface area contributed by atoms with Gasteiger partial charge >= 0.3 is 31.5 Å². The van der Waals surface area contributed by atoms with Crippen LogP contribution in [-0.2, 0) is 68.3 Å². The lowest BCUT2D eigenvalue weighted by Crippen LogP contribution is -2.58. The topological polar surface area (TPSA) is 412 Å². The number of phenols is 1. The number of carbonyl (C=O) groups excluding carboxylic acids is 7. The molecule has 3 rings (SSSR count). The fourth-order valence-corrected chi connectivity index (χ4v) is 10.6. The molecule has 0 saturated carbocycles. The summed E-state index contributed by atoms with van der Waals surface area (Å²) in [5, 5.41) is 54.9. The molecule has 0 radical (unpaired) electrons. The van der Waals surface area contributed by atoms with E-state index in [1.165, 1.54) is 31.4 Å². The third kappa shape index (κ3) is 25.4. The van der Waals surface area contributed by atoms with E-state index in [1.54, 1.807) is 18.0 Å². The Morgan fingerprint density at radius 1 is 0.869 bits per heavy atom. The molecule has 0 bridgehead atoms. The number of aromatic hydroxyl groups is 1. The number of carbonyl (C=O) groups is 10. The molecule has 1 fully saturated rings. The number of piperidine rings is 1. The van der Waals surface area contributed by atoms with Crippen LogP contribution in [0.25, 0.3) is 0 Å². The predicted octanol–water partition coefficient (Wildman–Crippen LogP) is 2.38. The second-order valence-electron chi connectivity index (χ2n) is 20.3. The van der Waals surface area contributed by atoms with Crippen molar-refractivity contribution in [1.82, 2.24) is 51.7 Å². The van der Waals surface area contributed by atoms with Gasteiger partial charge in [-0.3, -0.25) is 58.7 Å². The summed E-state index contributed by atoms with van der Waals surface area (Å²) in [6.07, 6.45) is 4.48. The molecule has 12 N–H and O–H groups in total. The molecule has 0 aliphatic carbocycles. The van der Waals surface area contributed by atoms with Gasteiger partial charge in [-0.25, -0.2) is 19.7 Å². The molecule has 1 aromatic heterocycles. The predicted molar refractivity (Wildman–Crippen MR) is 305 cm³/mol. The summed E-state index contributed by atoms with van der Waals surface area (Å²) >= 11 is 1.07. The summed E-state index contributed by atoms with van der Waals surface area (Å²) in [7, 11) is -0.549. The summed E-state index contributed by atoms with van der Waals surface area (Å²) in [6, 6.07) is 1.89. The number of nitrogens with zero attached hydrogens (tertiary/aromatic N) is 3. The average molecular weight is 1220 g/mol. The molecule has 2 heterocycles. The van der Waals surface area contributed by atoms with E-state index in [0.717, 1.165) is 30.7 Å². The number of hydrogen-bond donors (Lipinski definition) is 12. The number of ether oxygens (including phenoxy) is 3. The Kier molecular flexibility index (Phi) is 30.3. The van der Waals surface area contributed by atoms with Gasteiger partial charge in [-0.2, -0.15) is 10.4 Å². The fraction of sp³-hybridized carbons (Fsp3) is 0.566. The van der Waals surface area contributed by atoms with Gasteiger partial charge in [0.05, 0.1) is 50.5 Å². The maximum atomic E-state index is 14.4. The molecule has 29 nitrogen and oxygen atoms in total. The van der Waals surface area contributed by atoms with Gasteiger partial charge in [0.2, 0.25) is 17.7 Å². The number of rotatable bonds is 37. The molecule has 1 aliphatic rings. The zero-order valence-electron chi connectivity index (χ0n) is 48.3. The highest BCUT2D eigenvalue weighted by atomic mass is 32.1. The number of carboxylic acid groups (broad SMARTS) is 3. The number of likely N-dealkylation sites (N-methyl/N-ethyl adjacent to an activating group) is 2. The van der Waals surface area contributed by atoms with E-state index >= 15 is 0 Å². The first-order chi connectivity index (χ1) is 39.6. The van der Waals surface area contributed by atoms with Gasteiger partial charge in [-0.1, -0.05) is 53.5 Å². The zero-order valence-corrected chi connectivity index (χ0v) is 50.0. The molecule has 1 aromatic carbocycles. The number of amides is 6. The van der Waals surface area contributed by atoms with Crippen LogP contribution < -0.4 is 42.3 Å². The number of aromatic nitrogens is 1.